The van der Waals surface area contributed by atoms with E-state index in [1.165, 1.54) is 13.2 Å². The van der Waals surface area contributed by atoms with E-state index in [0.717, 1.165) is 24.0 Å². The average molecular weight is 291 g/mol. The molecular formula is C13H16F3NOS. The molecule has 1 heterocycles. The van der Waals surface area contributed by atoms with Crippen molar-refractivity contribution in [3.63, 3.8) is 0 Å². The van der Waals surface area contributed by atoms with Crippen LogP contribution in [0.1, 0.15) is 12.0 Å². The molecule has 1 N–H and O–H groups in total. The Labute approximate surface area is 114 Å². The van der Waals surface area contributed by atoms with Gasteiger partial charge in [0.15, 0.2) is 0 Å². The summed E-state index contributed by atoms with van der Waals surface area (Å²) < 4.78 is 43.7. The Bertz CT molecular complexity index is 430. The lowest BCUT2D eigenvalue weighted by atomic mass is 10.1. The van der Waals surface area contributed by atoms with Gasteiger partial charge in [0.05, 0.1) is 12.7 Å². The topological polar surface area (TPSA) is 21.3 Å². The Hall–Kier alpha value is -1.04. The molecule has 1 fully saturated rings. The fourth-order valence-electron chi connectivity index (χ4n) is 2.04. The highest BCUT2D eigenvalue weighted by molar-refractivity contribution is 7.99. The maximum atomic E-state index is 13.0. The van der Waals surface area contributed by atoms with Crippen LogP contribution < -0.4 is 10.1 Å². The summed E-state index contributed by atoms with van der Waals surface area (Å²) >= 11 is 1.85. The SMILES string of the molecule is COc1ccc(NCC2CCSC2)c(C(F)(F)F)c1. The number of ether oxygens (including phenoxy) is 1. The molecule has 6 heteroatoms. The summed E-state index contributed by atoms with van der Waals surface area (Å²) in [5.41, 5.74) is -0.539. The van der Waals surface area contributed by atoms with Crippen molar-refractivity contribution in [2.75, 3.05) is 30.5 Å². The lowest BCUT2D eigenvalue weighted by Gasteiger charge is -2.17. The van der Waals surface area contributed by atoms with Crippen LogP contribution in [0, 0.1) is 5.92 Å². The molecule has 0 spiro atoms. The van der Waals surface area contributed by atoms with Crippen molar-refractivity contribution < 1.29 is 17.9 Å². The summed E-state index contributed by atoms with van der Waals surface area (Å²) in [6.07, 6.45) is -3.31. The Morgan fingerprint density at radius 2 is 2.21 bits per heavy atom. The van der Waals surface area contributed by atoms with E-state index in [0.29, 0.717) is 12.5 Å². The van der Waals surface area contributed by atoms with Crippen LogP contribution in [-0.2, 0) is 6.18 Å². The minimum atomic E-state index is -4.37. The molecule has 2 nitrogen and oxygen atoms in total. The molecule has 0 bridgehead atoms. The standard InChI is InChI=1S/C13H16F3NOS/c1-18-10-2-3-12(11(6-10)13(14,15)16)17-7-9-4-5-19-8-9/h2-3,6,9,17H,4-5,7-8H2,1H3. The molecule has 1 atom stereocenters. The zero-order chi connectivity index (χ0) is 13.9. The minimum absolute atomic E-state index is 0.130. The number of methoxy groups -OCH3 is 1. The van der Waals surface area contributed by atoms with Crippen molar-refractivity contribution in [3.05, 3.63) is 23.8 Å². The molecule has 1 aromatic rings. The molecule has 1 unspecified atom stereocenters. The van der Waals surface area contributed by atoms with Gasteiger partial charge in [0.25, 0.3) is 0 Å². The Morgan fingerprint density at radius 1 is 1.42 bits per heavy atom. The van der Waals surface area contributed by atoms with Crippen molar-refractivity contribution in [1.29, 1.82) is 0 Å². The van der Waals surface area contributed by atoms with Crippen LogP contribution in [0.2, 0.25) is 0 Å². The smallest absolute Gasteiger partial charge is 0.418 e. The van der Waals surface area contributed by atoms with Crippen LogP contribution in [0.25, 0.3) is 0 Å². The Balaban J connectivity index is 2.13. The molecule has 1 aromatic carbocycles. The van der Waals surface area contributed by atoms with Crippen molar-refractivity contribution >= 4 is 17.4 Å². The third kappa shape index (κ3) is 3.72. The maximum Gasteiger partial charge on any atom is 0.418 e. The molecule has 0 amide bonds. The summed E-state index contributed by atoms with van der Waals surface area (Å²) in [4.78, 5) is 0. The number of alkyl halides is 3. The maximum absolute atomic E-state index is 13.0. The van der Waals surface area contributed by atoms with Crippen LogP contribution >= 0.6 is 11.8 Å². The van der Waals surface area contributed by atoms with Crippen LogP contribution in [0.4, 0.5) is 18.9 Å². The number of hydrogen-bond acceptors (Lipinski definition) is 3. The van der Waals surface area contributed by atoms with E-state index in [9.17, 15) is 13.2 Å². The van der Waals surface area contributed by atoms with Gasteiger partial charge in [-0.05, 0) is 42.0 Å². The Kier molecular flexibility index (Phi) is 4.50. The lowest BCUT2D eigenvalue weighted by molar-refractivity contribution is -0.137. The van der Waals surface area contributed by atoms with Crippen LogP contribution in [-0.4, -0.2) is 25.2 Å². The predicted octanol–water partition coefficient (Wildman–Crippen LogP) is 3.88. The van der Waals surface area contributed by atoms with Gasteiger partial charge >= 0.3 is 6.18 Å². The molecule has 106 valence electrons. The van der Waals surface area contributed by atoms with Crippen LogP contribution in [0.3, 0.4) is 0 Å². The monoisotopic (exact) mass is 291 g/mol. The summed E-state index contributed by atoms with van der Waals surface area (Å²) in [6.45, 7) is 0.586. The first-order chi connectivity index (χ1) is 9.00. The van der Waals surface area contributed by atoms with Crippen molar-refractivity contribution in [2.24, 2.45) is 5.92 Å². The second-order valence-corrected chi connectivity index (χ2v) is 5.67. The fraction of sp³-hybridized carbons (Fsp3) is 0.538. The largest absolute Gasteiger partial charge is 0.497 e. The highest BCUT2D eigenvalue weighted by Crippen LogP contribution is 2.37. The number of hydrogen-bond donors (Lipinski definition) is 1. The number of nitrogens with one attached hydrogen (secondary N) is 1. The number of thioether (sulfide) groups is 1. The molecule has 0 saturated carbocycles. The summed E-state index contributed by atoms with van der Waals surface area (Å²) in [5.74, 6) is 2.79. The van der Waals surface area contributed by atoms with Crippen molar-refractivity contribution in [1.82, 2.24) is 0 Å². The van der Waals surface area contributed by atoms with E-state index in [2.05, 4.69) is 5.32 Å². The quantitative estimate of drug-likeness (QED) is 0.909. The summed E-state index contributed by atoms with van der Waals surface area (Å²) in [7, 11) is 1.36. The van der Waals surface area contributed by atoms with E-state index >= 15 is 0 Å². The van der Waals surface area contributed by atoms with Gasteiger partial charge in [-0.1, -0.05) is 0 Å². The molecule has 19 heavy (non-hydrogen) atoms. The zero-order valence-electron chi connectivity index (χ0n) is 10.6. The minimum Gasteiger partial charge on any atom is -0.497 e. The molecule has 2 rings (SSSR count). The number of anilines is 1. The predicted molar refractivity (Wildman–Crippen MR) is 71.9 cm³/mol. The molecule has 0 aliphatic carbocycles. The molecule has 1 saturated heterocycles. The van der Waals surface area contributed by atoms with Gasteiger partial charge in [0.1, 0.15) is 5.75 Å². The van der Waals surface area contributed by atoms with Crippen molar-refractivity contribution in [2.45, 2.75) is 12.6 Å². The van der Waals surface area contributed by atoms with Gasteiger partial charge in [0, 0.05) is 12.2 Å². The third-order valence-electron chi connectivity index (χ3n) is 3.14. The first-order valence-electron chi connectivity index (χ1n) is 6.07. The molecule has 1 aliphatic rings. The normalized spacial score (nSPS) is 19.5. The molecular weight excluding hydrogens is 275 g/mol. The third-order valence-corrected chi connectivity index (χ3v) is 4.37. The first kappa shape index (κ1) is 14.4. The molecule has 1 aliphatic heterocycles. The average Bonchev–Trinajstić information content (AvgIpc) is 2.88. The first-order valence-corrected chi connectivity index (χ1v) is 7.23. The van der Waals surface area contributed by atoms with E-state index in [1.807, 2.05) is 11.8 Å². The lowest BCUT2D eigenvalue weighted by Crippen LogP contribution is -2.17. The van der Waals surface area contributed by atoms with E-state index < -0.39 is 11.7 Å². The molecule has 0 aromatic heterocycles. The van der Waals surface area contributed by atoms with Gasteiger partial charge in [-0.3, -0.25) is 0 Å². The van der Waals surface area contributed by atoms with Gasteiger partial charge in [-0.25, -0.2) is 0 Å². The van der Waals surface area contributed by atoms with E-state index in [1.54, 1.807) is 6.07 Å². The summed E-state index contributed by atoms with van der Waals surface area (Å²) in [6, 6.07) is 4.01. The van der Waals surface area contributed by atoms with Gasteiger partial charge < -0.3 is 10.1 Å². The second kappa shape index (κ2) is 5.94. The van der Waals surface area contributed by atoms with Crippen molar-refractivity contribution in [3.8, 4) is 5.75 Å². The second-order valence-electron chi connectivity index (χ2n) is 4.52. The summed E-state index contributed by atoms with van der Waals surface area (Å²) in [5, 5.41) is 2.92. The molecule has 0 radical (unpaired) electrons. The number of benzene rings is 1. The van der Waals surface area contributed by atoms with Crippen LogP contribution in [0.15, 0.2) is 18.2 Å². The van der Waals surface area contributed by atoms with E-state index in [-0.39, 0.29) is 11.4 Å². The number of halogens is 3. The highest BCUT2D eigenvalue weighted by Gasteiger charge is 2.34. The van der Waals surface area contributed by atoms with Crippen LogP contribution in [0.5, 0.6) is 5.75 Å². The zero-order valence-corrected chi connectivity index (χ0v) is 11.4. The Morgan fingerprint density at radius 3 is 2.79 bits per heavy atom. The van der Waals surface area contributed by atoms with E-state index in [4.69, 9.17) is 4.74 Å². The van der Waals surface area contributed by atoms with Gasteiger partial charge in [0.2, 0.25) is 0 Å². The number of rotatable bonds is 4. The highest BCUT2D eigenvalue weighted by atomic mass is 32.2. The fourth-order valence-corrected chi connectivity index (χ4v) is 3.32. The van der Waals surface area contributed by atoms with Gasteiger partial charge in [-0.2, -0.15) is 24.9 Å². The van der Waals surface area contributed by atoms with Gasteiger partial charge in [-0.15, -0.1) is 0 Å².